The zero-order valence-corrected chi connectivity index (χ0v) is 24.0. The molecule has 2 amide bonds. The highest BCUT2D eigenvalue weighted by atomic mass is 28.5. The summed E-state index contributed by atoms with van der Waals surface area (Å²) in [4.78, 5) is 38.8. The molecule has 10 N–H and O–H groups in total. The van der Waals surface area contributed by atoms with Gasteiger partial charge in [0.15, 0.2) is 0 Å². The summed E-state index contributed by atoms with van der Waals surface area (Å²) in [6.07, 6.45) is 2.93. The number of carboxylic acid groups (broad SMARTS) is 2. The van der Waals surface area contributed by atoms with Gasteiger partial charge in [0.05, 0.1) is 0 Å². The summed E-state index contributed by atoms with van der Waals surface area (Å²) in [6.45, 7) is 7.97. The summed E-state index contributed by atoms with van der Waals surface area (Å²) in [7, 11) is -4.84. The Hall–Kier alpha value is -4.61. The number of carboxylic acids is 2. The molecule has 0 aliphatic carbocycles. The third-order valence-corrected chi connectivity index (χ3v) is 9.10. The number of amides is 2. The van der Waals surface area contributed by atoms with E-state index in [1.54, 1.807) is 12.1 Å². The van der Waals surface area contributed by atoms with Crippen LogP contribution in [0.1, 0.15) is 0 Å². The zero-order chi connectivity index (χ0) is 30.2. The van der Waals surface area contributed by atoms with E-state index < -0.39 is 40.9 Å². The van der Waals surface area contributed by atoms with E-state index in [0.717, 1.165) is 23.7 Å². The number of hydrogen-bond donors (Lipinski definition) is 6. The summed E-state index contributed by atoms with van der Waals surface area (Å²) in [5, 5.41) is 15.7. The van der Waals surface area contributed by atoms with Crippen molar-refractivity contribution in [2.45, 2.75) is 26.2 Å². The van der Waals surface area contributed by atoms with Gasteiger partial charge in [0.2, 0.25) is 11.8 Å². The van der Waals surface area contributed by atoms with E-state index >= 15 is 0 Å². The summed E-state index contributed by atoms with van der Waals surface area (Å²) >= 11 is 0. The van der Waals surface area contributed by atoms with E-state index in [1.165, 1.54) is 0 Å². The van der Waals surface area contributed by atoms with Gasteiger partial charge in [-0.2, -0.15) is 0 Å². The first kappa shape index (κ1) is 34.4. The first-order chi connectivity index (χ1) is 17.9. The van der Waals surface area contributed by atoms with Gasteiger partial charge in [-0.1, -0.05) is 12.1 Å². The third-order valence-electron chi connectivity index (χ3n) is 3.72. The van der Waals surface area contributed by atoms with Crippen LogP contribution in [0.15, 0.2) is 72.8 Å². The zero-order valence-electron chi connectivity index (χ0n) is 22.0. The number of aliphatic carboxylic acids is 2. The molecule has 0 unspecified atom stereocenters. The molecule has 212 valence electrons. The minimum absolute atomic E-state index is 0.666. The van der Waals surface area contributed by atoms with E-state index in [4.69, 9.17) is 34.6 Å². The Balaban J connectivity index is 0.000000742. The Morgan fingerprint density at radius 2 is 1.00 bits per heavy atom. The average molecular weight is 579 g/mol. The van der Waals surface area contributed by atoms with Gasteiger partial charge in [0.1, 0.15) is 11.5 Å². The van der Waals surface area contributed by atoms with E-state index in [2.05, 4.69) is 11.5 Å². The standard InChI is InChI=1S/C16H24N2O3Si2.2C4H5NO3/c1-22(2,19-15-9-5-7-13(17)11-15)21-23(3,4)20-16-10-6-8-14(18)12-16;2*5-3(6)1-2-4(7)8/h5-12H,17-18H2,1-4H3;2*1-2H,(H2,5,6)(H,7,8). The van der Waals surface area contributed by atoms with Crippen molar-refractivity contribution >= 4 is 52.2 Å². The Morgan fingerprint density at radius 3 is 1.23 bits per heavy atom. The second-order valence-electron chi connectivity index (χ2n) is 8.40. The largest absolute Gasteiger partial charge is 0.521 e. The van der Waals surface area contributed by atoms with Gasteiger partial charge in [-0.3, -0.25) is 9.59 Å². The van der Waals surface area contributed by atoms with Crippen LogP contribution < -0.4 is 31.8 Å². The van der Waals surface area contributed by atoms with Crippen molar-refractivity contribution in [1.29, 1.82) is 0 Å². The number of carbonyl (C=O) groups is 4. The van der Waals surface area contributed by atoms with E-state index in [0.29, 0.717) is 23.5 Å². The molecule has 0 aliphatic rings. The Morgan fingerprint density at radius 1 is 0.667 bits per heavy atom. The van der Waals surface area contributed by atoms with Crippen LogP contribution in [0.2, 0.25) is 26.2 Å². The molecule has 0 aromatic heterocycles. The van der Waals surface area contributed by atoms with Gasteiger partial charge in [-0.15, -0.1) is 0 Å². The van der Waals surface area contributed by atoms with Crippen LogP contribution in [-0.2, 0) is 23.3 Å². The molecule has 0 fully saturated rings. The molecule has 0 radical (unpaired) electrons. The Bertz CT molecular complexity index is 1080. The van der Waals surface area contributed by atoms with Gasteiger partial charge in [-0.05, 0) is 50.5 Å². The predicted molar refractivity (Wildman–Crippen MR) is 151 cm³/mol. The summed E-state index contributed by atoms with van der Waals surface area (Å²) < 4.78 is 18.4. The first-order valence-electron chi connectivity index (χ1n) is 11.1. The lowest BCUT2D eigenvalue weighted by Gasteiger charge is -2.33. The van der Waals surface area contributed by atoms with Crippen LogP contribution in [0.5, 0.6) is 11.5 Å². The minimum atomic E-state index is -2.42. The number of rotatable bonds is 10. The van der Waals surface area contributed by atoms with E-state index in [9.17, 15) is 19.2 Å². The molecule has 13 nitrogen and oxygen atoms in total. The number of nitrogen functional groups attached to an aromatic ring is 2. The van der Waals surface area contributed by atoms with Crippen molar-refractivity contribution in [2.24, 2.45) is 11.5 Å². The van der Waals surface area contributed by atoms with E-state index in [1.807, 2.05) is 62.6 Å². The highest BCUT2D eigenvalue weighted by Crippen LogP contribution is 2.25. The molecule has 15 heteroatoms. The van der Waals surface area contributed by atoms with Gasteiger partial charge in [0.25, 0.3) is 0 Å². The molecule has 2 aromatic rings. The van der Waals surface area contributed by atoms with Gasteiger partial charge < -0.3 is 46.1 Å². The third kappa shape index (κ3) is 19.2. The highest BCUT2D eigenvalue weighted by Gasteiger charge is 2.39. The summed E-state index contributed by atoms with van der Waals surface area (Å²) in [6, 6.07) is 14.7. The van der Waals surface area contributed by atoms with Crippen molar-refractivity contribution in [2.75, 3.05) is 11.5 Å². The molecule has 2 aromatic carbocycles. The number of primary amides is 2. The second kappa shape index (κ2) is 16.3. The second-order valence-corrected chi connectivity index (χ2v) is 15.2. The lowest BCUT2D eigenvalue weighted by molar-refractivity contribution is -0.132. The molecule has 0 bridgehead atoms. The molecule has 0 aliphatic heterocycles. The van der Waals surface area contributed by atoms with Crippen molar-refractivity contribution < 1.29 is 42.4 Å². The van der Waals surface area contributed by atoms with Crippen molar-refractivity contribution in [1.82, 2.24) is 0 Å². The SMILES string of the molecule is C[Si](C)(Oc1cccc(N)c1)O[Si](C)(C)Oc1cccc(N)c1.NC(=O)C=CC(=O)O.NC(=O)C=CC(=O)O. The summed E-state index contributed by atoms with van der Waals surface area (Å²) in [5.41, 5.74) is 22.0. The predicted octanol–water partition coefficient (Wildman–Crippen LogP) is 1.95. The fourth-order valence-electron chi connectivity index (χ4n) is 2.66. The molecule has 0 heterocycles. The van der Waals surface area contributed by atoms with Crippen LogP contribution in [0, 0.1) is 0 Å². The maximum absolute atomic E-state index is 9.78. The highest BCUT2D eigenvalue weighted by molar-refractivity contribution is 6.79. The van der Waals surface area contributed by atoms with Gasteiger partial charge in [-0.25, -0.2) is 9.59 Å². The van der Waals surface area contributed by atoms with Crippen LogP contribution in [0.25, 0.3) is 0 Å². The van der Waals surface area contributed by atoms with Gasteiger partial charge >= 0.3 is 29.1 Å². The van der Waals surface area contributed by atoms with Crippen LogP contribution in [0.3, 0.4) is 0 Å². The minimum Gasteiger partial charge on any atom is -0.521 e. The molecule has 0 saturated carbocycles. The molecular weight excluding hydrogens is 544 g/mol. The van der Waals surface area contributed by atoms with Crippen LogP contribution in [-0.4, -0.2) is 51.1 Å². The lowest BCUT2D eigenvalue weighted by atomic mass is 10.3. The maximum atomic E-state index is 9.78. The van der Waals surface area contributed by atoms with Crippen LogP contribution in [0.4, 0.5) is 11.4 Å². The quantitative estimate of drug-likeness (QED) is 0.135. The average Bonchev–Trinajstić information content (AvgIpc) is 2.75. The Labute approximate surface area is 228 Å². The molecule has 0 atom stereocenters. The molecular formula is C24H34N4O9Si2. The van der Waals surface area contributed by atoms with Crippen molar-refractivity contribution in [3.05, 3.63) is 72.8 Å². The molecule has 2 rings (SSSR count). The molecule has 39 heavy (non-hydrogen) atoms. The van der Waals surface area contributed by atoms with Crippen molar-refractivity contribution in [3.8, 4) is 11.5 Å². The number of hydrogen-bond acceptors (Lipinski definition) is 9. The van der Waals surface area contributed by atoms with E-state index in [-0.39, 0.29) is 0 Å². The number of carbonyl (C=O) groups excluding carboxylic acids is 2. The summed E-state index contributed by atoms with van der Waals surface area (Å²) in [5.74, 6) is -2.43. The fraction of sp³-hybridized carbons (Fsp3) is 0.167. The maximum Gasteiger partial charge on any atom is 0.384 e. The van der Waals surface area contributed by atoms with Crippen LogP contribution >= 0.6 is 0 Å². The fourth-order valence-corrected chi connectivity index (χ4v) is 9.12. The number of nitrogens with two attached hydrogens (primary N) is 4. The van der Waals surface area contributed by atoms with Crippen molar-refractivity contribution in [3.63, 3.8) is 0 Å². The monoisotopic (exact) mass is 578 g/mol. The number of anilines is 2. The smallest absolute Gasteiger partial charge is 0.384 e. The molecule has 0 saturated heterocycles. The normalized spacial score (nSPS) is 11.0. The lowest BCUT2D eigenvalue weighted by Crippen LogP contribution is -2.52. The molecule has 0 spiro atoms. The van der Waals surface area contributed by atoms with Gasteiger partial charge in [0, 0.05) is 47.8 Å². The first-order valence-corrected chi connectivity index (χ1v) is 16.7. The number of benzene rings is 2. The topological polar surface area (TPSA) is 241 Å². The Kier molecular flexibility index (Phi) is 14.4.